The monoisotopic (exact) mass is 348 g/mol. The Morgan fingerprint density at radius 2 is 1.38 bits per heavy atom. The molecule has 0 aliphatic rings. The number of aromatic hydroxyl groups is 1. The van der Waals surface area contributed by atoms with Crippen LogP contribution in [-0.4, -0.2) is 24.1 Å². The van der Waals surface area contributed by atoms with E-state index in [1.54, 1.807) is 50.2 Å². The minimum Gasteiger partial charge on any atom is -0.508 e. The molecule has 0 saturated heterocycles. The normalized spacial score (nSPS) is 11.4. The highest BCUT2D eigenvalue weighted by Gasteiger charge is 2.24. The van der Waals surface area contributed by atoms with Crippen molar-refractivity contribution in [1.29, 1.82) is 0 Å². The zero-order valence-corrected chi connectivity index (χ0v) is 14.7. The van der Waals surface area contributed by atoms with Crippen LogP contribution in [0.3, 0.4) is 0 Å². The first-order valence-corrected chi connectivity index (χ1v) is 9.51. The lowest BCUT2D eigenvalue weighted by Gasteiger charge is -2.17. The minimum atomic E-state index is -3.16. The Hall–Kier alpha value is -1.94. The zero-order chi connectivity index (χ0) is 17.6. The molecule has 6 heteroatoms. The van der Waals surface area contributed by atoms with Crippen LogP contribution in [0.1, 0.15) is 35.3 Å². The Kier molecular flexibility index (Phi) is 6.32. The second kappa shape index (κ2) is 8.25. The molecule has 0 saturated carbocycles. The van der Waals surface area contributed by atoms with E-state index in [4.69, 9.17) is 9.05 Å². The van der Waals surface area contributed by atoms with Crippen LogP contribution >= 0.6 is 7.60 Å². The van der Waals surface area contributed by atoms with Crippen LogP contribution in [0.5, 0.6) is 5.75 Å². The van der Waals surface area contributed by atoms with Gasteiger partial charge in [-0.15, -0.1) is 0 Å². The van der Waals surface area contributed by atoms with Gasteiger partial charge in [0.25, 0.3) is 0 Å². The van der Waals surface area contributed by atoms with Crippen molar-refractivity contribution >= 4 is 13.4 Å². The van der Waals surface area contributed by atoms with Crippen LogP contribution in [-0.2, 0) is 19.8 Å². The van der Waals surface area contributed by atoms with Crippen LogP contribution in [0.4, 0.5) is 0 Å². The molecule has 5 nitrogen and oxygen atoms in total. The summed E-state index contributed by atoms with van der Waals surface area (Å²) in [7, 11) is -3.16. The van der Waals surface area contributed by atoms with Gasteiger partial charge in [0.1, 0.15) is 5.75 Å². The van der Waals surface area contributed by atoms with Crippen LogP contribution in [0, 0.1) is 0 Å². The average Bonchev–Trinajstić information content (AvgIpc) is 2.56. The second-order valence-corrected chi connectivity index (χ2v) is 7.23. The van der Waals surface area contributed by atoms with E-state index in [0.29, 0.717) is 24.3 Å². The first kappa shape index (κ1) is 18.4. The Morgan fingerprint density at radius 3 is 1.83 bits per heavy atom. The predicted octanol–water partition coefficient (Wildman–Crippen LogP) is 4.39. The summed E-state index contributed by atoms with van der Waals surface area (Å²) in [5, 5.41) is 9.28. The molecule has 0 aliphatic carbocycles. The molecule has 0 heterocycles. The number of carbonyl (C=O) groups is 1. The first-order chi connectivity index (χ1) is 11.5. The fourth-order valence-corrected chi connectivity index (χ4v) is 3.99. The van der Waals surface area contributed by atoms with Crippen LogP contribution in [0.25, 0.3) is 0 Å². The third-order valence-electron chi connectivity index (χ3n) is 3.37. The van der Waals surface area contributed by atoms with Crippen molar-refractivity contribution in [3.05, 3.63) is 65.2 Å². The number of hydrogen-bond donors (Lipinski definition) is 1. The van der Waals surface area contributed by atoms with E-state index in [0.717, 1.165) is 5.56 Å². The molecule has 0 aromatic heterocycles. The fourth-order valence-electron chi connectivity index (χ4n) is 2.29. The molecule has 2 aromatic carbocycles. The molecule has 0 unspecified atom stereocenters. The molecule has 0 spiro atoms. The molecule has 0 fully saturated rings. The topological polar surface area (TPSA) is 72.8 Å². The van der Waals surface area contributed by atoms with Gasteiger partial charge in [-0.25, -0.2) is 0 Å². The number of benzene rings is 2. The molecule has 0 amide bonds. The van der Waals surface area contributed by atoms with Crippen LogP contribution in [0.2, 0.25) is 0 Å². The van der Waals surface area contributed by atoms with Crippen molar-refractivity contribution < 1.29 is 23.5 Å². The summed E-state index contributed by atoms with van der Waals surface area (Å²) in [5.41, 5.74) is 1.80. The van der Waals surface area contributed by atoms with Gasteiger partial charge in [-0.1, -0.05) is 24.3 Å². The van der Waals surface area contributed by atoms with Gasteiger partial charge in [-0.05, 0) is 43.7 Å². The van der Waals surface area contributed by atoms with Gasteiger partial charge in [-0.2, -0.15) is 0 Å². The lowest BCUT2D eigenvalue weighted by atomic mass is 10.0. The molecule has 0 bridgehead atoms. The van der Waals surface area contributed by atoms with Crippen molar-refractivity contribution in [1.82, 2.24) is 0 Å². The molecule has 1 N–H and O–H groups in total. The standard InChI is InChI=1S/C18H21O5P/c1-3-22-24(21,23-4-2)13-14-5-7-15(8-6-14)18(20)16-9-11-17(19)12-10-16/h5-12,19H,3-4,13H2,1-2H3. The van der Waals surface area contributed by atoms with Gasteiger partial charge in [0, 0.05) is 11.1 Å². The Bertz CT molecular complexity index is 712. The molecule has 2 rings (SSSR count). The lowest BCUT2D eigenvalue weighted by molar-refractivity contribution is 0.103. The molecule has 0 aliphatic heterocycles. The van der Waals surface area contributed by atoms with E-state index in [1.807, 2.05) is 0 Å². The maximum Gasteiger partial charge on any atom is 0.335 e. The van der Waals surface area contributed by atoms with Gasteiger partial charge in [0.15, 0.2) is 5.78 Å². The third-order valence-corrected chi connectivity index (χ3v) is 5.43. The van der Waals surface area contributed by atoms with Crippen molar-refractivity contribution in [2.75, 3.05) is 13.2 Å². The maximum atomic E-state index is 12.5. The lowest BCUT2D eigenvalue weighted by Crippen LogP contribution is -2.02. The SMILES string of the molecule is CCOP(=O)(Cc1ccc(C(=O)c2ccc(O)cc2)cc1)OCC. The van der Waals surface area contributed by atoms with Gasteiger partial charge in [-0.3, -0.25) is 9.36 Å². The Morgan fingerprint density at radius 1 is 0.917 bits per heavy atom. The number of ketones is 1. The maximum absolute atomic E-state index is 12.5. The highest BCUT2D eigenvalue weighted by atomic mass is 31.2. The van der Waals surface area contributed by atoms with E-state index in [9.17, 15) is 14.5 Å². The fraction of sp³-hybridized carbons (Fsp3) is 0.278. The summed E-state index contributed by atoms with van der Waals surface area (Å²) in [5.74, 6) is -0.0242. The molecular formula is C18H21O5P. The summed E-state index contributed by atoms with van der Waals surface area (Å²) < 4.78 is 23.1. The third kappa shape index (κ3) is 4.78. The smallest absolute Gasteiger partial charge is 0.335 e. The Labute approximate surface area is 141 Å². The van der Waals surface area contributed by atoms with Gasteiger partial charge in [0.2, 0.25) is 0 Å². The van der Waals surface area contributed by atoms with Gasteiger partial charge >= 0.3 is 7.60 Å². The van der Waals surface area contributed by atoms with Crippen molar-refractivity contribution in [2.24, 2.45) is 0 Å². The highest BCUT2D eigenvalue weighted by molar-refractivity contribution is 7.53. The summed E-state index contributed by atoms with van der Waals surface area (Å²) in [6, 6.07) is 13.0. The highest BCUT2D eigenvalue weighted by Crippen LogP contribution is 2.51. The van der Waals surface area contributed by atoms with E-state index in [1.165, 1.54) is 12.1 Å². The van der Waals surface area contributed by atoms with Gasteiger partial charge < -0.3 is 14.2 Å². The summed E-state index contributed by atoms with van der Waals surface area (Å²) in [6.07, 6.45) is 0.169. The van der Waals surface area contributed by atoms with E-state index in [-0.39, 0.29) is 17.7 Å². The zero-order valence-electron chi connectivity index (χ0n) is 13.8. The van der Waals surface area contributed by atoms with Gasteiger partial charge in [0.05, 0.1) is 19.4 Å². The quantitative estimate of drug-likeness (QED) is 0.566. The molecule has 128 valence electrons. The molecule has 0 radical (unpaired) electrons. The first-order valence-electron chi connectivity index (χ1n) is 7.78. The largest absolute Gasteiger partial charge is 0.508 e. The van der Waals surface area contributed by atoms with E-state index >= 15 is 0 Å². The number of phenolic OH excluding ortho intramolecular Hbond substituents is 1. The van der Waals surface area contributed by atoms with E-state index < -0.39 is 7.60 Å². The van der Waals surface area contributed by atoms with Crippen LogP contribution < -0.4 is 0 Å². The summed E-state index contributed by atoms with van der Waals surface area (Å²) in [4.78, 5) is 12.4. The number of carbonyl (C=O) groups excluding carboxylic acids is 1. The Balaban J connectivity index is 2.13. The summed E-state index contributed by atoms with van der Waals surface area (Å²) in [6.45, 7) is 4.17. The molecule has 0 atom stereocenters. The minimum absolute atomic E-state index is 0.115. The van der Waals surface area contributed by atoms with Crippen molar-refractivity contribution in [3.63, 3.8) is 0 Å². The molecule has 24 heavy (non-hydrogen) atoms. The summed E-state index contributed by atoms with van der Waals surface area (Å²) >= 11 is 0. The molecule has 2 aromatic rings. The number of rotatable bonds is 8. The number of hydrogen-bond acceptors (Lipinski definition) is 5. The second-order valence-electron chi connectivity index (χ2n) is 5.18. The predicted molar refractivity (Wildman–Crippen MR) is 92.5 cm³/mol. The molecular weight excluding hydrogens is 327 g/mol. The van der Waals surface area contributed by atoms with Crippen molar-refractivity contribution in [2.45, 2.75) is 20.0 Å². The van der Waals surface area contributed by atoms with Crippen molar-refractivity contribution in [3.8, 4) is 5.75 Å². The van der Waals surface area contributed by atoms with Crippen LogP contribution in [0.15, 0.2) is 48.5 Å². The van der Waals surface area contributed by atoms with E-state index in [2.05, 4.69) is 0 Å². The average molecular weight is 348 g/mol. The number of phenols is 1.